The number of carbonyl (C=O) groups excluding carboxylic acids is 2. The first-order valence-corrected chi connectivity index (χ1v) is 7.72. The van der Waals surface area contributed by atoms with Gasteiger partial charge < -0.3 is 10.6 Å². The molecule has 2 aromatic rings. The quantitative estimate of drug-likeness (QED) is 0.771. The molecule has 26 heavy (non-hydrogen) atoms. The van der Waals surface area contributed by atoms with E-state index in [1.807, 2.05) is 0 Å². The van der Waals surface area contributed by atoms with Crippen molar-refractivity contribution in [2.45, 2.75) is 12.6 Å². The summed E-state index contributed by atoms with van der Waals surface area (Å²) in [6.07, 6.45) is -4.02. The molecular weight excluding hydrogens is 352 g/mol. The van der Waals surface area contributed by atoms with Gasteiger partial charge in [-0.05, 0) is 48.4 Å². The van der Waals surface area contributed by atoms with Crippen LogP contribution in [0.3, 0.4) is 0 Å². The first-order chi connectivity index (χ1) is 12.3. The van der Waals surface area contributed by atoms with Gasteiger partial charge in [0, 0.05) is 12.1 Å². The van der Waals surface area contributed by atoms with Crippen LogP contribution in [-0.4, -0.2) is 24.9 Å². The zero-order valence-electron chi connectivity index (χ0n) is 13.6. The average molecular weight is 368 g/mol. The maximum absolute atomic E-state index is 12.8. The summed E-state index contributed by atoms with van der Waals surface area (Å²) < 4.78 is 50.2. The molecule has 2 rings (SSSR count). The molecule has 0 atom stereocenters. The van der Waals surface area contributed by atoms with Crippen molar-refractivity contribution in [1.82, 2.24) is 10.6 Å². The highest BCUT2D eigenvalue weighted by molar-refractivity contribution is 5.96. The number of hydrogen-bond donors (Lipinski definition) is 2. The van der Waals surface area contributed by atoms with Gasteiger partial charge in [0.2, 0.25) is 5.91 Å². The molecule has 0 saturated carbocycles. The number of carbonyl (C=O) groups is 2. The van der Waals surface area contributed by atoms with E-state index in [9.17, 15) is 27.2 Å². The third-order valence-electron chi connectivity index (χ3n) is 3.53. The van der Waals surface area contributed by atoms with E-state index in [-0.39, 0.29) is 18.7 Å². The number of amides is 2. The van der Waals surface area contributed by atoms with Crippen molar-refractivity contribution in [1.29, 1.82) is 0 Å². The van der Waals surface area contributed by atoms with Crippen molar-refractivity contribution in [2.24, 2.45) is 0 Å². The van der Waals surface area contributed by atoms with Gasteiger partial charge in [-0.3, -0.25) is 9.59 Å². The van der Waals surface area contributed by atoms with Crippen LogP contribution in [0.4, 0.5) is 17.6 Å². The standard InChI is InChI=1S/C18H16F4N2O2/c19-15-7-3-13(4-8-15)17(26)24-11-16(25)23-10-9-12-1-5-14(6-2-12)18(20,21)22/h1-8H,9-11H2,(H,23,25)(H,24,26). The number of benzene rings is 2. The molecule has 2 N–H and O–H groups in total. The van der Waals surface area contributed by atoms with Crippen LogP contribution >= 0.6 is 0 Å². The van der Waals surface area contributed by atoms with E-state index in [1.165, 1.54) is 24.3 Å². The average Bonchev–Trinajstić information content (AvgIpc) is 2.60. The van der Waals surface area contributed by atoms with Crippen LogP contribution in [0.15, 0.2) is 48.5 Å². The minimum Gasteiger partial charge on any atom is -0.354 e. The monoisotopic (exact) mass is 368 g/mol. The lowest BCUT2D eigenvalue weighted by molar-refractivity contribution is -0.137. The number of rotatable bonds is 6. The molecule has 138 valence electrons. The van der Waals surface area contributed by atoms with Crippen LogP contribution in [0.5, 0.6) is 0 Å². The van der Waals surface area contributed by atoms with Crippen molar-refractivity contribution in [3.05, 3.63) is 71.0 Å². The Morgan fingerprint density at radius 2 is 1.50 bits per heavy atom. The van der Waals surface area contributed by atoms with Gasteiger partial charge in [0.05, 0.1) is 12.1 Å². The van der Waals surface area contributed by atoms with Gasteiger partial charge in [0.25, 0.3) is 5.91 Å². The van der Waals surface area contributed by atoms with Crippen LogP contribution < -0.4 is 10.6 Å². The fourth-order valence-electron chi connectivity index (χ4n) is 2.13. The smallest absolute Gasteiger partial charge is 0.354 e. The first-order valence-electron chi connectivity index (χ1n) is 7.72. The van der Waals surface area contributed by atoms with Gasteiger partial charge in [0.1, 0.15) is 5.82 Å². The van der Waals surface area contributed by atoms with Crippen LogP contribution in [0, 0.1) is 5.82 Å². The number of hydrogen-bond acceptors (Lipinski definition) is 2. The largest absolute Gasteiger partial charge is 0.416 e. The molecule has 2 amide bonds. The fraction of sp³-hybridized carbons (Fsp3) is 0.222. The molecule has 0 aliphatic heterocycles. The lowest BCUT2D eigenvalue weighted by Gasteiger charge is -2.09. The Balaban J connectivity index is 1.72. The highest BCUT2D eigenvalue weighted by Gasteiger charge is 2.29. The maximum atomic E-state index is 12.8. The van der Waals surface area contributed by atoms with E-state index in [0.717, 1.165) is 24.3 Å². The second kappa shape index (κ2) is 8.46. The van der Waals surface area contributed by atoms with Crippen molar-refractivity contribution in [2.75, 3.05) is 13.1 Å². The molecule has 0 aromatic heterocycles. The Morgan fingerprint density at radius 3 is 2.08 bits per heavy atom. The highest BCUT2D eigenvalue weighted by atomic mass is 19.4. The van der Waals surface area contributed by atoms with Gasteiger partial charge >= 0.3 is 6.18 Å². The minimum absolute atomic E-state index is 0.219. The SMILES string of the molecule is O=C(CNC(=O)c1ccc(F)cc1)NCCc1ccc(C(F)(F)F)cc1. The molecule has 0 unspecified atom stereocenters. The summed E-state index contributed by atoms with van der Waals surface area (Å²) in [4.78, 5) is 23.4. The summed E-state index contributed by atoms with van der Waals surface area (Å²) in [7, 11) is 0. The van der Waals surface area contributed by atoms with Crippen molar-refractivity contribution in [3.63, 3.8) is 0 Å². The highest BCUT2D eigenvalue weighted by Crippen LogP contribution is 2.29. The summed E-state index contributed by atoms with van der Waals surface area (Å²) in [6.45, 7) is -0.0418. The summed E-state index contributed by atoms with van der Waals surface area (Å²) in [6, 6.07) is 9.55. The van der Waals surface area contributed by atoms with Crippen molar-refractivity contribution < 1.29 is 27.2 Å². The van der Waals surface area contributed by atoms with Crippen LogP contribution in [0.1, 0.15) is 21.5 Å². The Bertz CT molecular complexity index is 756. The van der Waals surface area contributed by atoms with Crippen LogP contribution in [0.25, 0.3) is 0 Å². The maximum Gasteiger partial charge on any atom is 0.416 e. The number of alkyl halides is 3. The number of nitrogens with one attached hydrogen (secondary N) is 2. The summed E-state index contributed by atoms with van der Waals surface area (Å²) >= 11 is 0. The zero-order valence-corrected chi connectivity index (χ0v) is 13.6. The first kappa shape index (κ1) is 19.4. The molecular formula is C18H16F4N2O2. The molecule has 0 fully saturated rings. The molecule has 0 saturated heterocycles. The topological polar surface area (TPSA) is 58.2 Å². The molecule has 0 spiro atoms. The minimum atomic E-state index is -4.38. The van der Waals surface area contributed by atoms with Gasteiger partial charge in [-0.15, -0.1) is 0 Å². The molecule has 8 heteroatoms. The van der Waals surface area contributed by atoms with E-state index in [1.54, 1.807) is 0 Å². The van der Waals surface area contributed by atoms with Gasteiger partial charge in [-0.25, -0.2) is 4.39 Å². The summed E-state index contributed by atoms with van der Waals surface area (Å²) in [5.74, 6) is -1.42. The van der Waals surface area contributed by atoms with Gasteiger partial charge in [-0.2, -0.15) is 13.2 Å². The van der Waals surface area contributed by atoms with E-state index >= 15 is 0 Å². The van der Waals surface area contributed by atoms with E-state index in [4.69, 9.17) is 0 Å². The van der Waals surface area contributed by atoms with Gasteiger partial charge in [-0.1, -0.05) is 12.1 Å². The second-order valence-electron chi connectivity index (χ2n) is 5.48. The van der Waals surface area contributed by atoms with Gasteiger partial charge in [0.15, 0.2) is 0 Å². The van der Waals surface area contributed by atoms with E-state index in [2.05, 4.69) is 10.6 Å². The number of halogens is 4. The molecule has 0 bridgehead atoms. The van der Waals surface area contributed by atoms with Crippen LogP contribution in [0.2, 0.25) is 0 Å². The normalized spacial score (nSPS) is 11.1. The van der Waals surface area contributed by atoms with Crippen LogP contribution in [-0.2, 0) is 17.4 Å². The molecule has 2 aromatic carbocycles. The second-order valence-corrected chi connectivity index (χ2v) is 5.48. The molecule has 0 radical (unpaired) electrons. The fourth-order valence-corrected chi connectivity index (χ4v) is 2.13. The Labute approximate surface area is 147 Å². The predicted molar refractivity (Wildman–Crippen MR) is 86.9 cm³/mol. The van der Waals surface area contributed by atoms with Crippen molar-refractivity contribution >= 4 is 11.8 Å². The third-order valence-corrected chi connectivity index (χ3v) is 3.53. The molecule has 0 aliphatic rings. The summed E-state index contributed by atoms with van der Waals surface area (Å²) in [5, 5.41) is 4.95. The lowest BCUT2D eigenvalue weighted by Crippen LogP contribution is -2.37. The predicted octanol–water partition coefficient (Wildman–Crippen LogP) is 2.93. The molecule has 0 heterocycles. The summed E-state index contributed by atoms with van der Waals surface area (Å²) in [5.41, 5.74) is 0.145. The van der Waals surface area contributed by atoms with E-state index < -0.39 is 29.4 Å². The Hall–Kier alpha value is -2.90. The van der Waals surface area contributed by atoms with E-state index in [0.29, 0.717) is 12.0 Å². The molecule has 0 aliphatic carbocycles. The molecule has 4 nitrogen and oxygen atoms in total. The zero-order chi connectivity index (χ0) is 19.2. The Kier molecular flexibility index (Phi) is 6.32. The third kappa shape index (κ3) is 5.87. The van der Waals surface area contributed by atoms with Crippen molar-refractivity contribution in [3.8, 4) is 0 Å². The Morgan fingerprint density at radius 1 is 0.885 bits per heavy atom. The lowest BCUT2D eigenvalue weighted by atomic mass is 10.1.